The zero-order valence-corrected chi connectivity index (χ0v) is 6.91. The molecule has 0 radical (unpaired) electrons. The largest absolute Gasteiger partial charge is 0.235 e. The Morgan fingerprint density at radius 1 is 1.58 bits per heavy atom. The van der Waals surface area contributed by atoms with Crippen molar-refractivity contribution in [2.75, 3.05) is 0 Å². The minimum absolute atomic E-state index is 0.188. The summed E-state index contributed by atoms with van der Waals surface area (Å²) in [6.07, 6.45) is 0. The van der Waals surface area contributed by atoms with Gasteiger partial charge in [-0.25, -0.2) is 10.1 Å². The van der Waals surface area contributed by atoms with Crippen molar-refractivity contribution in [3.8, 4) is 0 Å². The SMILES string of the molecule is O=[N+]([O-])NCc1cccc(Cl)c1. The fourth-order valence-electron chi connectivity index (χ4n) is 0.803. The van der Waals surface area contributed by atoms with E-state index in [4.69, 9.17) is 11.6 Å². The molecule has 1 aromatic rings. The summed E-state index contributed by atoms with van der Waals surface area (Å²) in [5.41, 5.74) is 2.84. The van der Waals surface area contributed by atoms with Gasteiger partial charge in [0.1, 0.15) is 6.54 Å². The molecule has 0 heterocycles. The maximum atomic E-state index is 9.92. The molecule has 0 atom stereocenters. The Balaban J connectivity index is 2.57. The second-order valence-electron chi connectivity index (χ2n) is 2.22. The highest BCUT2D eigenvalue weighted by molar-refractivity contribution is 6.30. The second-order valence-corrected chi connectivity index (χ2v) is 2.66. The maximum absolute atomic E-state index is 9.92. The van der Waals surface area contributed by atoms with Gasteiger partial charge in [-0.1, -0.05) is 23.7 Å². The topological polar surface area (TPSA) is 55.2 Å². The summed E-state index contributed by atoms with van der Waals surface area (Å²) in [5.74, 6) is 0. The van der Waals surface area contributed by atoms with Gasteiger partial charge in [-0.3, -0.25) is 0 Å². The summed E-state index contributed by atoms with van der Waals surface area (Å²) < 4.78 is 0. The number of nitrogens with one attached hydrogen (secondary N) is 1. The van der Waals surface area contributed by atoms with Gasteiger partial charge in [-0.2, -0.15) is 0 Å². The zero-order valence-electron chi connectivity index (χ0n) is 6.16. The van der Waals surface area contributed by atoms with Gasteiger partial charge < -0.3 is 0 Å². The third-order valence-electron chi connectivity index (χ3n) is 1.30. The molecule has 12 heavy (non-hydrogen) atoms. The number of rotatable bonds is 3. The predicted molar refractivity (Wildman–Crippen MR) is 45.3 cm³/mol. The molecule has 0 aliphatic rings. The summed E-state index contributed by atoms with van der Waals surface area (Å²) in [6, 6.07) is 6.91. The Kier molecular flexibility index (Phi) is 2.88. The number of hydrogen-bond donors (Lipinski definition) is 1. The Morgan fingerprint density at radius 3 is 2.92 bits per heavy atom. The molecule has 1 rings (SSSR count). The Morgan fingerprint density at radius 2 is 2.33 bits per heavy atom. The minimum Gasteiger partial charge on any atom is -0.235 e. The molecule has 0 aliphatic heterocycles. The molecule has 0 fully saturated rings. The molecule has 0 aromatic heterocycles. The van der Waals surface area contributed by atoms with Crippen LogP contribution in [0.3, 0.4) is 0 Å². The van der Waals surface area contributed by atoms with Gasteiger partial charge in [0, 0.05) is 5.02 Å². The molecule has 5 heteroatoms. The van der Waals surface area contributed by atoms with Crippen LogP contribution in [0.5, 0.6) is 0 Å². The number of nitro groups is 1. The molecule has 0 amide bonds. The molecule has 64 valence electrons. The average molecular weight is 187 g/mol. The summed E-state index contributed by atoms with van der Waals surface area (Å²) in [6.45, 7) is 0.188. The Bertz CT molecular complexity index is 290. The minimum atomic E-state index is -0.582. The maximum Gasteiger partial charge on any atom is 0.157 e. The molecule has 0 saturated heterocycles. The monoisotopic (exact) mass is 186 g/mol. The molecule has 1 N–H and O–H groups in total. The van der Waals surface area contributed by atoms with E-state index in [1.807, 2.05) is 0 Å². The normalized spacial score (nSPS) is 9.42. The van der Waals surface area contributed by atoms with E-state index >= 15 is 0 Å². The van der Waals surface area contributed by atoms with Crippen LogP contribution in [0.2, 0.25) is 5.02 Å². The van der Waals surface area contributed by atoms with Gasteiger partial charge in [0.15, 0.2) is 5.03 Å². The first-order valence-electron chi connectivity index (χ1n) is 3.31. The quantitative estimate of drug-likeness (QED) is 0.577. The van der Waals surface area contributed by atoms with E-state index in [2.05, 4.69) is 5.43 Å². The van der Waals surface area contributed by atoms with E-state index in [1.54, 1.807) is 24.3 Å². The summed E-state index contributed by atoms with van der Waals surface area (Å²) in [5, 5.41) is 9.92. The van der Waals surface area contributed by atoms with E-state index in [0.717, 1.165) is 5.56 Å². The highest BCUT2D eigenvalue weighted by atomic mass is 35.5. The third kappa shape index (κ3) is 2.75. The van der Waals surface area contributed by atoms with Crippen molar-refractivity contribution >= 4 is 11.6 Å². The van der Waals surface area contributed by atoms with Gasteiger partial charge >= 0.3 is 0 Å². The Hall–Kier alpha value is -1.29. The van der Waals surface area contributed by atoms with Crippen LogP contribution < -0.4 is 5.43 Å². The van der Waals surface area contributed by atoms with Crippen LogP contribution in [0.15, 0.2) is 24.3 Å². The lowest BCUT2D eigenvalue weighted by Gasteiger charge is -1.98. The second kappa shape index (κ2) is 3.92. The van der Waals surface area contributed by atoms with Gasteiger partial charge in [-0.05, 0) is 17.7 Å². The van der Waals surface area contributed by atoms with Crippen LogP contribution in [-0.4, -0.2) is 5.03 Å². The van der Waals surface area contributed by atoms with Crippen LogP contribution in [0, 0.1) is 10.1 Å². The zero-order chi connectivity index (χ0) is 8.97. The standard InChI is InChI=1S/C7H7ClN2O2/c8-7-3-1-2-6(4-7)5-9-10(11)12/h1-4,9H,5H2. The van der Waals surface area contributed by atoms with Crippen LogP contribution in [-0.2, 0) is 6.54 Å². The van der Waals surface area contributed by atoms with Crippen molar-refractivity contribution in [2.45, 2.75) is 6.54 Å². The van der Waals surface area contributed by atoms with E-state index < -0.39 is 5.03 Å². The lowest BCUT2D eigenvalue weighted by atomic mass is 10.2. The smallest absolute Gasteiger partial charge is 0.157 e. The highest BCUT2D eigenvalue weighted by Gasteiger charge is 1.96. The van der Waals surface area contributed by atoms with Crippen LogP contribution in [0.1, 0.15) is 5.56 Å². The first kappa shape index (κ1) is 8.80. The highest BCUT2D eigenvalue weighted by Crippen LogP contribution is 2.09. The molecule has 0 aliphatic carbocycles. The lowest BCUT2D eigenvalue weighted by Crippen LogP contribution is -2.20. The molecule has 0 unspecified atom stereocenters. The lowest BCUT2D eigenvalue weighted by molar-refractivity contribution is -0.546. The van der Waals surface area contributed by atoms with Crippen LogP contribution in [0.4, 0.5) is 0 Å². The van der Waals surface area contributed by atoms with E-state index in [0.29, 0.717) is 5.02 Å². The van der Waals surface area contributed by atoms with Gasteiger partial charge in [0.05, 0.1) is 0 Å². The van der Waals surface area contributed by atoms with Crippen molar-refractivity contribution in [3.05, 3.63) is 45.0 Å². The van der Waals surface area contributed by atoms with Crippen molar-refractivity contribution in [1.29, 1.82) is 0 Å². The van der Waals surface area contributed by atoms with Gasteiger partial charge in [-0.15, -0.1) is 5.43 Å². The van der Waals surface area contributed by atoms with E-state index in [-0.39, 0.29) is 6.54 Å². The van der Waals surface area contributed by atoms with Crippen molar-refractivity contribution in [2.24, 2.45) is 0 Å². The summed E-state index contributed by atoms with van der Waals surface area (Å²) >= 11 is 5.66. The molecule has 1 aromatic carbocycles. The first-order chi connectivity index (χ1) is 5.68. The Labute approximate surface area is 74.3 Å². The van der Waals surface area contributed by atoms with Crippen LogP contribution in [0.25, 0.3) is 0 Å². The van der Waals surface area contributed by atoms with Gasteiger partial charge in [0.2, 0.25) is 0 Å². The first-order valence-corrected chi connectivity index (χ1v) is 3.68. The van der Waals surface area contributed by atoms with Gasteiger partial charge in [0.25, 0.3) is 0 Å². The fourth-order valence-corrected chi connectivity index (χ4v) is 1.02. The number of halogens is 1. The summed E-state index contributed by atoms with van der Waals surface area (Å²) in [7, 11) is 0. The number of nitrogens with zero attached hydrogens (tertiary/aromatic N) is 1. The molecular formula is C7H7ClN2O2. The number of hydrazine groups is 1. The van der Waals surface area contributed by atoms with Crippen molar-refractivity contribution in [1.82, 2.24) is 5.43 Å². The average Bonchev–Trinajstić information content (AvgIpc) is 2.01. The predicted octanol–water partition coefficient (Wildman–Crippen LogP) is 1.62. The summed E-state index contributed by atoms with van der Waals surface area (Å²) in [4.78, 5) is 9.92. The molecule has 0 saturated carbocycles. The molecule has 0 spiro atoms. The van der Waals surface area contributed by atoms with Crippen molar-refractivity contribution < 1.29 is 5.03 Å². The van der Waals surface area contributed by atoms with Crippen LogP contribution >= 0.6 is 11.6 Å². The molecular weight excluding hydrogens is 180 g/mol. The molecule has 0 bridgehead atoms. The number of hydrogen-bond acceptors (Lipinski definition) is 2. The fraction of sp³-hybridized carbons (Fsp3) is 0.143. The number of benzene rings is 1. The van der Waals surface area contributed by atoms with E-state index in [9.17, 15) is 10.1 Å². The third-order valence-corrected chi connectivity index (χ3v) is 1.54. The van der Waals surface area contributed by atoms with Crippen molar-refractivity contribution in [3.63, 3.8) is 0 Å². The molecule has 4 nitrogen and oxygen atoms in total. The van der Waals surface area contributed by atoms with E-state index in [1.165, 1.54) is 0 Å².